The van der Waals surface area contributed by atoms with Gasteiger partial charge in [-0.15, -0.1) is 0 Å². The van der Waals surface area contributed by atoms with E-state index < -0.39 is 34.8 Å². The molecular formula is C29H40O8S. The Morgan fingerprint density at radius 2 is 1.92 bits per heavy atom. The molecule has 0 aromatic carbocycles. The van der Waals surface area contributed by atoms with Gasteiger partial charge < -0.3 is 14.6 Å². The van der Waals surface area contributed by atoms with Crippen molar-refractivity contribution in [1.29, 1.82) is 0 Å². The third-order valence-corrected chi connectivity index (χ3v) is 11.3. The first-order valence-electron chi connectivity index (χ1n) is 13.7. The molecule has 0 aliphatic heterocycles. The van der Waals surface area contributed by atoms with Crippen molar-refractivity contribution in [1.82, 2.24) is 0 Å². The first-order chi connectivity index (χ1) is 17.9. The van der Waals surface area contributed by atoms with Crippen molar-refractivity contribution < 1.29 is 38.6 Å². The molecule has 8 nitrogen and oxygen atoms in total. The summed E-state index contributed by atoms with van der Waals surface area (Å²) in [5.74, 6) is 0.225. The monoisotopic (exact) mass is 548 g/mol. The SMILES string of the molecule is COC(=O)CCCSCC1CC2C(C(=O)C[C@@]3(C)C2CC[C@]3(O)C(=O)COC(C)=O)[C@@]2(C)CCC(=O)C=C12. The maximum atomic E-state index is 13.9. The van der Waals surface area contributed by atoms with E-state index in [-0.39, 0.29) is 54.0 Å². The van der Waals surface area contributed by atoms with Gasteiger partial charge in [-0.05, 0) is 72.9 Å². The van der Waals surface area contributed by atoms with Gasteiger partial charge in [-0.1, -0.05) is 19.4 Å². The van der Waals surface area contributed by atoms with Crippen LogP contribution in [-0.2, 0) is 33.4 Å². The van der Waals surface area contributed by atoms with Crippen molar-refractivity contribution in [2.75, 3.05) is 25.2 Å². The van der Waals surface area contributed by atoms with Crippen molar-refractivity contribution in [3.63, 3.8) is 0 Å². The fourth-order valence-electron chi connectivity index (χ4n) is 8.17. The van der Waals surface area contributed by atoms with Crippen molar-refractivity contribution in [3.05, 3.63) is 11.6 Å². The van der Waals surface area contributed by atoms with E-state index in [1.54, 1.807) is 17.8 Å². The first-order valence-corrected chi connectivity index (χ1v) is 14.8. The Kier molecular flexibility index (Phi) is 8.30. The van der Waals surface area contributed by atoms with Gasteiger partial charge >= 0.3 is 11.9 Å². The molecule has 4 aliphatic rings. The Morgan fingerprint density at radius 3 is 2.61 bits per heavy atom. The van der Waals surface area contributed by atoms with Crippen molar-refractivity contribution in [2.45, 2.75) is 77.7 Å². The molecule has 0 bridgehead atoms. The third-order valence-electron chi connectivity index (χ3n) is 10.0. The molecule has 3 fully saturated rings. The molecule has 0 radical (unpaired) electrons. The summed E-state index contributed by atoms with van der Waals surface area (Å²) in [6, 6.07) is 0. The zero-order valence-corrected chi connectivity index (χ0v) is 23.7. The zero-order valence-electron chi connectivity index (χ0n) is 22.9. The number of ether oxygens (including phenoxy) is 2. The largest absolute Gasteiger partial charge is 0.469 e. The van der Waals surface area contributed by atoms with Crippen LogP contribution in [0.5, 0.6) is 0 Å². The van der Waals surface area contributed by atoms with Gasteiger partial charge in [0.1, 0.15) is 11.4 Å². The van der Waals surface area contributed by atoms with Crippen LogP contribution in [0.15, 0.2) is 11.6 Å². The molecule has 0 saturated heterocycles. The average molecular weight is 549 g/mol. The zero-order chi connectivity index (χ0) is 27.9. The smallest absolute Gasteiger partial charge is 0.305 e. The van der Waals surface area contributed by atoms with Crippen LogP contribution in [0, 0.1) is 34.5 Å². The van der Waals surface area contributed by atoms with Crippen LogP contribution >= 0.6 is 11.8 Å². The lowest BCUT2D eigenvalue weighted by molar-refractivity contribution is -0.174. The Hall–Kier alpha value is -2.00. The highest BCUT2D eigenvalue weighted by Crippen LogP contribution is 2.67. The fourth-order valence-corrected chi connectivity index (χ4v) is 9.29. The molecule has 210 valence electrons. The second-order valence-corrected chi connectivity index (χ2v) is 13.2. The number of aliphatic hydroxyl groups is 1. The highest BCUT2D eigenvalue weighted by Gasteiger charge is 2.69. The van der Waals surface area contributed by atoms with E-state index in [4.69, 9.17) is 9.47 Å². The topological polar surface area (TPSA) is 124 Å². The Labute approximate surface area is 228 Å². The number of esters is 2. The minimum Gasteiger partial charge on any atom is -0.469 e. The molecule has 1 N–H and O–H groups in total. The number of hydrogen-bond donors (Lipinski definition) is 1. The third kappa shape index (κ3) is 4.89. The number of hydrogen-bond acceptors (Lipinski definition) is 9. The highest BCUT2D eigenvalue weighted by atomic mass is 32.2. The van der Waals surface area contributed by atoms with E-state index in [9.17, 15) is 29.1 Å². The number of rotatable bonds is 9. The lowest BCUT2D eigenvalue weighted by Crippen LogP contribution is -2.62. The highest BCUT2D eigenvalue weighted by molar-refractivity contribution is 7.99. The van der Waals surface area contributed by atoms with E-state index in [1.165, 1.54) is 14.0 Å². The van der Waals surface area contributed by atoms with Crippen molar-refractivity contribution in [2.24, 2.45) is 34.5 Å². The molecule has 0 amide bonds. The molecule has 4 unspecified atom stereocenters. The molecular weight excluding hydrogens is 508 g/mol. The van der Waals surface area contributed by atoms with Crippen LogP contribution in [0.4, 0.5) is 0 Å². The van der Waals surface area contributed by atoms with Gasteiger partial charge in [0.25, 0.3) is 0 Å². The Balaban J connectivity index is 1.60. The van der Waals surface area contributed by atoms with Gasteiger partial charge in [-0.25, -0.2) is 0 Å². The van der Waals surface area contributed by atoms with Gasteiger partial charge in [0.2, 0.25) is 5.78 Å². The fraction of sp³-hybridized carbons (Fsp3) is 0.759. The summed E-state index contributed by atoms with van der Waals surface area (Å²) in [5, 5.41) is 11.7. The predicted octanol–water partition coefficient (Wildman–Crippen LogP) is 3.47. The van der Waals surface area contributed by atoms with Crippen LogP contribution < -0.4 is 0 Å². The standard InChI is InChI=1S/C29H40O8S/c1-17(30)37-15-24(33)29(35)10-8-21-20-12-18(16-38-11-5-6-25(34)36-4)22-13-19(31)7-9-27(22,2)26(20)23(32)14-28(21,29)3/h13,18,20-21,26,35H,5-12,14-16H2,1-4H3/t18?,20?,21?,26?,27-,28-,29-/m0/s1. The second kappa shape index (κ2) is 10.9. The summed E-state index contributed by atoms with van der Waals surface area (Å²) in [6.45, 7) is 4.72. The number of Topliss-reactive ketones (excluding diaryl/α,β-unsaturated/α-hetero) is 2. The van der Waals surface area contributed by atoms with Crippen LogP contribution in [0.1, 0.15) is 72.1 Å². The van der Waals surface area contributed by atoms with Gasteiger partial charge in [-0.2, -0.15) is 11.8 Å². The number of carbonyl (C=O) groups is 5. The molecule has 4 aliphatic carbocycles. The van der Waals surface area contributed by atoms with Crippen LogP contribution in [0.2, 0.25) is 0 Å². The number of fused-ring (bicyclic) bond motifs is 5. The summed E-state index contributed by atoms with van der Waals surface area (Å²) in [5.41, 5.74) is -1.99. The number of methoxy groups -OCH3 is 1. The van der Waals surface area contributed by atoms with E-state index >= 15 is 0 Å². The van der Waals surface area contributed by atoms with E-state index in [0.717, 1.165) is 23.5 Å². The van der Waals surface area contributed by atoms with Gasteiger partial charge in [0, 0.05) is 37.5 Å². The Bertz CT molecular complexity index is 1050. The van der Waals surface area contributed by atoms with Crippen molar-refractivity contribution in [3.8, 4) is 0 Å². The minimum atomic E-state index is -1.72. The minimum absolute atomic E-state index is 0.00665. The van der Waals surface area contributed by atoms with E-state index in [2.05, 4.69) is 6.92 Å². The number of carbonyl (C=O) groups excluding carboxylic acids is 5. The molecule has 7 atom stereocenters. The molecule has 38 heavy (non-hydrogen) atoms. The molecule has 9 heteroatoms. The summed E-state index contributed by atoms with van der Waals surface area (Å²) in [7, 11) is 1.38. The summed E-state index contributed by atoms with van der Waals surface area (Å²) in [4.78, 5) is 62.3. The van der Waals surface area contributed by atoms with Gasteiger partial charge in [0.15, 0.2) is 12.4 Å². The average Bonchev–Trinajstić information content (AvgIpc) is 3.13. The lowest BCUT2D eigenvalue weighted by atomic mass is 9.44. The van der Waals surface area contributed by atoms with Crippen molar-refractivity contribution >= 4 is 41.1 Å². The van der Waals surface area contributed by atoms with E-state index in [1.807, 2.05) is 6.92 Å². The molecule has 4 rings (SSSR count). The van der Waals surface area contributed by atoms with Gasteiger partial charge in [-0.3, -0.25) is 24.0 Å². The number of ketones is 3. The molecule has 0 spiro atoms. The predicted molar refractivity (Wildman–Crippen MR) is 141 cm³/mol. The summed E-state index contributed by atoms with van der Waals surface area (Å²) < 4.78 is 9.66. The first kappa shape index (κ1) is 29.0. The summed E-state index contributed by atoms with van der Waals surface area (Å²) >= 11 is 1.75. The maximum absolute atomic E-state index is 13.9. The maximum Gasteiger partial charge on any atom is 0.305 e. The Morgan fingerprint density at radius 1 is 1.18 bits per heavy atom. The van der Waals surface area contributed by atoms with E-state index in [0.29, 0.717) is 32.1 Å². The number of allylic oxidation sites excluding steroid dienone is 1. The molecule has 3 saturated carbocycles. The molecule has 0 heterocycles. The number of thioether (sulfide) groups is 1. The van der Waals surface area contributed by atoms with Crippen LogP contribution in [0.25, 0.3) is 0 Å². The van der Waals surface area contributed by atoms with Crippen LogP contribution in [-0.4, -0.2) is 65.2 Å². The molecule has 0 aromatic rings. The quantitative estimate of drug-likeness (QED) is 0.341. The van der Waals surface area contributed by atoms with Gasteiger partial charge in [0.05, 0.1) is 7.11 Å². The normalized spacial score (nSPS) is 38.0. The molecule has 0 aromatic heterocycles. The summed E-state index contributed by atoms with van der Waals surface area (Å²) in [6.07, 6.45) is 5.61. The lowest BCUT2D eigenvalue weighted by Gasteiger charge is -2.59. The van der Waals surface area contributed by atoms with Crippen LogP contribution in [0.3, 0.4) is 0 Å². The second-order valence-electron chi connectivity index (χ2n) is 12.1.